The minimum atomic E-state index is 0.0190. The summed E-state index contributed by atoms with van der Waals surface area (Å²) in [5.41, 5.74) is 8.08. The highest BCUT2D eigenvalue weighted by Gasteiger charge is 2.10. The third-order valence-electron chi connectivity index (χ3n) is 2.33. The second kappa shape index (κ2) is 6.19. The Balaban J connectivity index is 3.02. The summed E-state index contributed by atoms with van der Waals surface area (Å²) in [4.78, 5) is 0. The molecule has 1 rings (SSSR count). The van der Waals surface area contributed by atoms with E-state index in [0.717, 1.165) is 11.3 Å². The average molecular weight is 226 g/mol. The molecule has 90 valence electrons. The summed E-state index contributed by atoms with van der Waals surface area (Å²) in [7, 11) is 1.55. The normalized spacial score (nSPS) is 10.2. The predicted octanol–water partition coefficient (Wildman–Crippen LogP) is 0.216. The van der Waals surface area contributed by atoms with Crippen molar-refractivity contribution < 1.29 is 14.9 Å². The van der Waals surface area contributed by atoms with Gasteiger partial charge < -0.3 is 26.0 Å². The van der Waals surface area contributed by atoms with Crippen LogP contribution in [0.5, 0.6) is 5.75 Å². The Morgan fingerprint density at radius 2 is 2.06 bits per heavy atom. The van der Waals surface area contributed by atoms with E-state index < -0.39 is 0 Å². The number of rotatable bonds is 6. The molecule has 0 bridgehead atoms. The minimum Gasteiger partial charge on any atom is -0.495 e. The Morgan fingerprint density at radius 3 is 2.62 bits per heavy atom. The lowest BCUT2D eigenvalue weighted by atomic mass is 10.1. The maximum absolute atomic E-state index is 8.98. The number of nitrogen functional groups attached to an aromatic ring is 1. The second-order valence-corrected chi connectivity index (χ2v) is 3.33. The molecule has 5 heteroatoms. The molecule has 0 radical (unpaired) electrons. The highest BCUT2D eigenvalue weighted by molar-refractivity contribution is 5.70. The molecule has 1 aromatic rings. The van der Waals surface area contributed by atoms with E-state index in [2.05, 4.69) is 5.32 Å². The predicted molar refractivity (Wildman–Crippen MR) is 63.8 cm³/mol. The lowest BCUT2D eigenvalue weighted by Crippen LogP contribution is -2.10. The van der Waals surface area contributed by atoms with Gasteiger partial charge >= 0.3 is 0 Å². The summed E-state index contributed by atoms with van der Waals surface area (Å²) in [6, 6.07) is 3.59. The van der Waals surface area contributed by atoms with Crippen molar-refractivity contribution in [3.8, 4) is 5.75 Å². The van der Waals surface area contributed by atoms with Gasteiger partial charge in [-0.15, -0.1) is 0 Å². The average Bonchev–Trinajstić information content (AvgIpc) is 2.30. The van der Waals surface area contributed by atoms with Crippen molar-refractivity contribution in [1.29, 1.82) is 0 Å². The molecule has 5 N–H and O–H groups in total. The number of hydrogen-bond donors (Lipinski definition) is 4. The highest BCUT2D eigenvalue weighted by atomic mass is 16.5. The van der Waals surface area contributed by atoms with E-state index in [9.17, 15) is 0 Å². The summed E-state index contributed by atoms with van der Waals surface area (Å²) in [5.74, 6) is 0.595. The van der Waals surface area contributed by atoms with Gasteiger partial charge in [0.1, 0.15) is 5.75 Å². The number of anilines is 2. The molecule has 0 spiro atoms. The number of nitrogens with one attached hydrogen (secondary N) is 1. The first-order valence-electron chi connectivity index (χ1n) is 5.15. The van der Waals surface area contributed by atoms with Gasteiger partial charge in [0.05, 0.1) is 19.4 Å². The lowest BCUT2D eigenvalue weighted by Gasteiger charge is -2.15. The Bertz CT molecular complexity index is 342. The Kier molecular flexibility index (Phi) is 4.88. The van der Waals surface area contributed by atoms with Crippen LogP contribution in [0.2, 0.25) is 0 Å². The molecule has 0 aliphatic rings. The fraction of sp³-hybridized carbons (Fsp3) is 0.455. The largest absolute Gasteiger partial charge is 0.495 e. The maximum Gasteiger partial charge on any atom is 0.142 e. The fourth-order valence-corrected chi connectivity index (χ4v) is 1.56. The molecule has 0 saturated carbocycles. The standard InChI is InChI=1S/C11H18N2O3/c1-16-10-3-2-9(13-5-7-15)8(4-6-14)11(10)12/h2-3,13-15H,4-7,12H2,1H3. The number of ether oxygens (including phenoxy) is 1. The van der Waals surface area contributed by atoms with Crippen LogP contribution in [0.4, 0.5) is 11.4 Å². The fourth-order valence-electron chi connectivity index (χ4n) is 1.56. The van der Waals surface area contributed by atoms with Crippen molar-refractivity contribution in [1.82, 2.24) is 0 Å². The molecule has 0 aliphatic heterocycles. The van der Waals surface area contributed by atoms with E-state index in [1.807, 2.05) is 6.07 Å². The van der Waals surface area contributed by atoms with Crippen molar-refractivity contribution in [2.75, 3.05) is 37.9 Å². The van der Waals surface area contributed by atoms with E-state index >= 15 is 0 Å². The number of aliphatic hydroxyl groups is 2. The van der Waals surface area contributed by atoms with Crippen LogP contribution in [0.3, 0.4) is 0 Å². The molecular formula is C11H18N2O3. The first-order valence-corrected chi connectivity index (χ1v) is 5.15. The SMILES string of the molecule is COc1ccc(NCCO)c(CCO)c1N. The van der Waals surface area contributed by atoms with Crippen LogP contribution in [0.1, 0.15) is 5.56 Å². The quantitative estimate of drug-likeness (QED) is 0.521. The summed E-state index contributed by atoms with van der Waals surface area (Å²) < 4.78 is 5.11. The first kappa shape index (κ1) is 12.6. The number of methoxy groups -OCH3 is 1. The Labute approximate surface area is 94.8 Å². The molecule has 1 aromatic carbocycles. The molecule has 0 heterocycles. The summed E-state index contributed by atoms with van der Waals surface area (Å²) in [6.07, 6.45) is 0.455. The second-order valence-electron chi connectivity index (χ2n) is 3.33. The molecule has 5 nitrogen and oxygen atoms in total. The van der Waals surface area contributed by atoms with Crippen LogP contribution >= 0.6 is 0 Å². The third kappa shape index (κ3) is 2.77. The van der Waals surface area contributed by atoms with Crippen LogP contribution in [-0.2, 0) is 6.42 Å². The van der Waals surface area contributed by atoms with Crippen molar-refractivity contribution in [3.63, 3.8) is 0 Å². The smallest absolute Gasteiger partial charge is 0.142 e. The minimum absolute atomic E-state index is 0.0190. The van der Waals surface area contributed by atoms with E-state index in [0.29, 0.717) is 24.4 Å². The van der Waals surface area contributed by atoms with Crippen LogP contribution in [0, 0.1) is 0 Å². The van der Waals surface area contributed by atoms with Gasteiger partial charge in [-0.2, -0.15) is 0 Å². The van der Waals surface area contributed by atoms with Gasteiger partial charge in [-0.3, -0.25) is 0 Å². The van der Waals surface area contributed by atoms with Crippen LogP contribution < -0.4 is 15.8 Å². The highest BCUT2D eigenvalue weighted by Crippen LogP contribution is 2.31. The Morgan fingerprint density at radius 1 is 1.31 bits per heavy atom. The summed E-state index contributed by atoms with van der Waals surface area (Å²) >= 11 is 0. The van der Waals surface area contributed by atoms with Gasteiger partial charge in [0.25, 0.3) is 0 Å². The Hall–Kier alpha value is -1.46. The molecule has 0 atom stereocenters. The summed E-state index contributed by atoms with van der Waals surface area (Å²) in [6.45, 7) is 0.514. The van der Waals surface area contributed by atoms with Crippen LogP contribution in [0.15, 0.2) is 12.1 Å². The van der Waals surface area contributed by atoms with Gasteiger partial charge in [0.15, 0.2) is 0 Å². The zero-order chi connectivity index (χ0) is 12.0. The first-order chi connectivity index (χ1) is 7.74. The van der Waals surface area contributed by atoms with E-state index in [4.69, 9.17) is 20.7 Å². The number of nitrogens with two attached hydrogens (primary N) is 1. The molecule has 16 heavy (non-hydrogen) atoms. The molecule has 0 saturated heterocycles. The number of hydrogen-bond acceptors (Lipinski definition) is 5. The van der Waals surface area contributed by atoms with E-state index in [1.54, 1.807) is 13.2 Å². The third-order valence-corrected chi connectivity index (χ3v) is 2.33. The van der Waals surface area contributed by atoms with E-state index in [1.165, 1.54) is 0 Å². The topological polar surface area (TPSA) is 87.7 Å². The zero-order valence-corrected chi connectivity index (χ0v) is 9.36. The van der Waals surface area contributed by atoms with Crippen molar-refractivity contribution in [2.24, 2.45) is 0 Å². The molecule has 0 aliphatic carbocycles. The molecule has 0 fully saturated rings. The lowest BCUT2D eigenvalue weighted by molar-refractivity contribution is 0.299. The molecular weight excluding hydrogens is 208 g/mol. The zero-order valence-electron chi connectivity index (χ0n) is 9.36. The van der Waals surface area contributed by atoms with Gasteiger partial charge in [0, 0.05) is 24.4 Å². The van der Waals surface area contributed by atoms with Crippen LogP contribution in [0.25, 0.3) is 0 Å². The van der Waals surface area contributed by atoms with Gasteiger partial charge in [-0.25, -0.2) is 0 Å². The van der Waals surface area contributed by atoms with Crippen molar-refractivity contribution in [2.45, 2.75) is 6.42 Å². The van der Waals surface area contributed by atoms with Gasteiger partial charge in [0.2, 0.25) is 0 Å². The number of benzene rings is 1. The monoisotopic (exact) mass is 226 g/mol. The molecule has 0 amide bonds. The molecule has 0 aromatic heterocycles. The molecule has 0 unspecified atom stereocenters. The summed E-state index contributed by atoms with van der Waals surface area (Å²) in [5, 5.41) is 20.8. The van der Waals surface area contributed by atoms with Crippen molar-refractivity contribution in [3.05, 3.63) is 17.7 Å². The van der Waals surface area contributed by atoms with E-state index in [-0.39, 0.29) is 13.2 Å². The van der Waals surface area contributed by atoms with Crippen molar-refractivity contribution >= 4 is 11.4 Å². The van der Waals surface area contributed by atoms with Gasteiger partial charge in [-0.1, -0.05) is 0 Å². The van der Waals surface area contributed by atoms with Gasteiger partial charge in [-0.05, 0) is 18.6 Å². The van der Waals surface area contributed by atoms with Crippen LogP contribution in [-0.4, -0.2) is 37.1 Å². The maximum atomic E-state index is 8.98. The number of aliphatic hydroxyl groups excluding tert-OH is 2.